The molecule has 1 aliphatic rings. The van der Waals surface area contributed by atoms with Crippen LogP contribution in [0.5, 0.6) is 0 Å². The van der Waals surface area contributed by atoms with E-state index in [9.17, 15) is 9.90 Å². The summed E-state index contributed by atoms with van der Waals surface area (Å²) in [7, 11) is 1.59. The predicted molar refractivity (Wildman–Crippen MR) is 71.5 cm³/mol. The van der Waals surface area contributed by atoms with Gasteiger partial charge in [-0.25, -0.2) is 0 Å². The molecule has 0 heterocycles. The molecule has 1 saturated carbocycles. The van der Waals surface area contributed by atoms with Gasteiger partial charge in [0.05, 0.1) is 18.0 Å². The molecular formula is C13H19N3O2. The van der Waals surface area contributed by atoms with E-state index < -0.39 is 0 Å². The van der Waals surface area contributed by atoms with Gasteiger partial charge in [-0.2, -0.15) is 0 Å². The van der Waals surface area contributed by atoms with Crippen LogP contribution in [-0.2, 0) is 0 Å². The summed E-state index contributed by atoms with van der Waals surface area (Å²) in [5.74, 6) is -0.138. The summed E-state index contributed by atoms with van der Waals surface area (Å²) in [6, 6.07) is 5.14. The number of amides is 1. The van der Waals surface area contributed by atoms with E-state index in [1.54, 1.807) is 25.2 Å². The number of nitrogens with two attached hydrogens (primary N) is 1. The Morgan fingerprint density at radius 3 is 2.78 bits per heavy atom. The van der Waals surface area contributed by atoms with Gasteiger partial charge in [0.15, 0.2) is 0 Å². The first-order valence-electron chi connectivity index (χ1n) is 6.06. The SMILES string of the molecule is CNC(=O)c1ccc(N)c(NCC2(CO)CC2)c1. The maximum Gasteiger partial charge on any atom is 0.251 e. The van der Waals surface area contributed by atoms with E-state index in [-0.39, 0.29) is 17.9 Å². The summed E-state index contributed by atoms with van der Waals surface area (Å²) in [5.41, 5.74) is 7.80. The lowest BCUT2D eigenvalue weighted by atomic mass is 10.1. The van der Waals surface area contributed by atoms with Gasteiger partial charge in [-0.1, -0.05) is 0 Å². The predicted octanol–water partition coefficient (Wildman–Crippen LogP) is 0.813. The molecule has 0 aromatic heterocycles. The number of rotatable bonds is 5. The Hall–Kier alpha value is -1.75. The van der Waals surface area contributed by atoms with E-state index in [2.05, 4.69) is 10.6 Å². The Kier molecular flexibility index (Phi) is 3.43. The zero-order valence-corrected chi connectivity index (χ0v) is 10.5. The Balaban J connectivity index is 2.09. The minimum Gasteiger partial charge on any atom is -0.397 e. The van der Waals surface area contributed by atoms with Crippen LogP contribution in [0.2, 0.25) is 0 Å². The third-order valence-electron chi connectivity index (χ3n) is 3.49. The molecule has 18 heavy (non-hydrogen) atoms. The number of nitrogen functional groups attached to an aromatic ring is 1. The minimum atomic E-state index is -0.138. The van der Waals surface area contributed by atoms with Crippen molar-refractivity contribution in [3.05, 3.63) is 23.8 Å². The molecule has 1 aromatic rings. The number of aliphatic hydroxyl groups excluding tert-OH is 1. The summed E-state index contributed by atoms with van der Waals surface area (Å²) >= 11 is 0. The number of hydrogen-bond donors (Lipinski definition) is 4. The van der Waals surface area contributed by atoms with Crippen LogP contribution >= 0.6 is 0 Å². The summed E-state index contributed by atoms with van der Waals surface area (Å²) in [6.07, 6.45) is 2.07. The highest BCUT2D eigenvalue weighted by molar-refractivity contribution is 5.96. The molecule has 5 nitrogen and oxygen atoms in total. The molecule has 1 aromatic carbocycles. The molecule has 0 atom stereocenters. The van der Waals surface area contributed by atoms with E-state index >= 15 is 0 Å². The quantitative estimate of drug-likeness (QED) is 0.582. The molecule has 5 N–H and O–H groups in total. The smallest absolute Gasteiger partial charge is 0.251 e. The molecular weight excluding hydrogens is 230 g/mol. The van der Waals surface area contributed by atoms with Crippen molar-refractivity contribution < 1.29 is 9.90 Å². The normalized spacial score (nSPS) is 16.1. The number of carbonyl (C=O) groups excluding carboxylic acids is 1. The fourth-order valence-electron chi connectivity index (χ4n) is 1.85. The number of aliphatic hydroxyl groups is 1. The average Bonchev–Trinajstić information content (AvgIpc) is 3.17. The fraction of sp³-hybridized carbons (Fsp3) is 0.462. The molecule has 0 aliphatic heterocycles. The van der Waals surface area contributed by atoms with Crippen molar-refractivity contribution in [2.24, 2.45) is 5.41 Å². The average molecular weight is 249 g/mol. The maximum absolute atomic E-state index is 11.5. The van der Waals surface area contributed by atoms with Crippen molar-refractivity contribution in [3.63, 3.8) is 0 Å². The second-order valence-corrected chi connectivity index (χ2v) is 4.89. The largest absolute Gasteiger partial charge is 0.397 e. The van der Waals surface area contributed by atoms with Gasteiger partial charge in [-0.05, 0) is 31.0 Å². The first kappa shape index (κ1) is 12.7. The van der Waals surface area contributed by atoms with E-state index in [4.69, 9.17) is 5.73 Å². The molecule has 0 saturated heterocycles. The van der Waals surface area contributed by atoms with Crippen LogP contribution in [0.4, 0.5) is 11.4 Å². The lowest BCUT2D eigenvalue weighted by Gasteiger charge is -2.16. The number of hydrogen-bond acceptors (Lipinski definition) is 4. The summed E-state index contributed by atoms with van der Waals surface area (Å²) in [6.45, 7) is 0.875. The molecule has 0 bridgehead atoms. The second kappa shape index (κ2) is 4.86. The third-order valence-corrected chi connectivity index (χ3v) is 3.49. The molecule has 2 rings (SSSR count). The van der Waals surface area contributed by atoms with Gasteiger partial charge in [-0.3, -0.25) is 4.79 Å². The van der Waals surface area contributed by atoms with Crippen LogP contribution in [0.1, 0.15) is 23.2 Å². The molecule has 0 radical (unpaired) electrons. The van der Waals surface area contributed by atoms with Gasteiger partial charge in [-0.15, -0.1) is 0 Å². The number of nitrogens with one attached hydrogen (secondary N) is 2. The number of anilines is 2. The highest BCUT2D eigenvalue weighted by Crippen LogP contribution is 2.45. The zero-order valence-electron chi connectivity index (χ0n) is 10.5. The Morgan fingerprint density at radius 2 is 2.22 bits per heavy atom. The molecule has 98 valence electrons. The van der Waals surface area contributed by atoms with Crippen LogP contribution in [0.3, 0.4) is 0 Å². The van der Waals surface area contributed by atoms with Crippen LogP contribution in [0.15, 0.2) is 18.2 Å². The molecule has 1 aliphatic carbocycles. The van der Waals surface area contributed by atoms with E-state index in [1.807, 2.05) is 0 Å². The fourth-order valence-corrected chi connectivity index (χ4v) is 1.85. The van der Waals surface area contributed by atoms with Crippen LogP contribution in [0.25, 0.3) is 0 Å². The molecule has 0 spiro atoms. The van der Waals surface area contributed by atoms with Crippen LogP contribution < -0.4 is 16.4 Å². The van der Waals surface area contributed by atoms with E-state index in [1.165, 1.54) is 0 Å². The van der Waals surface area contributed by atoms with Gasteiger partial charge < -0.3 is 21.5 Å². The summed E-state index contributed by atoms with van der Waals surface area (Å²) < 4.78 is 0. The molecule has 5 heteroatoms. The maximum atomic E-state index is 11.5. The van der Waals surface area contributed by atoms with Gasteiger partial charge in [0.1, 0.15) is 0 Å². The zero-order chi connectivity index (χ0) is 13.2. The minimum absolute atomic E-state index is 0.00938. The molecule has 1 fully saturated rings. The molecule has 0 unspecified atom stereocenters. The Bertz CT molecular complexity index is 456. The highest BCUT2D eigenvalue weighted by Gasteiger charge is 2.41. The van der Waals surface area contributed by atoms with Gasteiger partial charge in [0.2, 0.25) is 0 Å². The standard InChI is InChI=1S/C13H19N3O2/c1-15-12(18)9-2-3-10(14)11(6-9)16-7-13(8-17)4-5-13/h2-3,6,16-17H,4-5,7-8,14H2,1H3,(H,15,18). The van der Waals surface area contributed by atoms with Crippen molar-refractivity contribution in [2.75, 3.05) is 31.2 Å². The van der Waals surface area contributed by atoms with Gasteiger partial charge in [0, 0.05) is 24.6 Å². The van der Waals surface area contributed by atoms with Crippen molar-refractivity contribution in [1.82, 2.24) is 5.32 Å². The first-order valence-corrected chi connectivity index (χ1v) is 6.06. The van der Waals surface area contributed by atoms with Crippen LogP contribution in [0, 0.1) is 5.41 Å². The lowest BCUT2D eigenvalue weighted by molar-refractivity contribution is 0.0963. The van der Waals surface area contributed by atoms with Crippen molar-refractivity contribution in [1.29, 1.82) is 0 Å². The van der Waals surface area contributed by atoms with Gasteiger partial charge in [0.25, 0.3) is 5.91 Å². The van der Waals surface area contributed by atoms with E-state index in [0.717, 1.165) is 18.5 Å². The summed E-state index contributed by atoms with van der Waals surface area (Å²) in [4.78, 5) is 11.5. The lowest BCUT2D eigenvalue weighted by Crippen LogP contribution is -2.21. The Morgan fingerprint density at radius 1 is 1.50 bits per heavy atom. The number of carbonyl (C=O) groups is 1. The molecule has 1 amide bonds. The van der Waals surface area contributed by atoms with Gasteiger partial charge >= 0.3 is 0 Å². The highest BCUT2D eigenvalue weighted by atomic mass is 16.3. The van der Waals surface area contributed by atoms with Crippen molar-refractivity contribution in [2.45, 2.75) is 12.8 Å². The van der Waals surface area contributed by atoms with Crippen molar-refractivity contribution in [3.8, 4) is 0 Å². The topological polar surface area (TPSA) is 87.4 Å². The Labute approximate surface area is 106 Å². The van der Waals surface area contributed by atoms with Crippen LogP contribution in [-0.4, -0.2) is 31.2 Å². The van der Waals surface area contributed by atoms with Crippen molar-refractivity contribution >= 4 is 17.3 Å². The first-order chi connectivity index (χ1) is 8.60. The third kappa shape index (κ3) is 2.56. The number of benzene rings is 1. The monoisotopic (exact) mass is 249 g/mol. The van der Waals surface area contributed by atoms with E-state index in [0.29, 0.717) is 17.8 Å². The second-order valence-electron chi connectivity index (χ2n) is 4.89. The summed E-state index contributed by atoms with van der Waals surface area (Å²) in [5, 5.41) is 15.0.